The number of carbonyl (C=O) groups is 3. The minimum Gasteiger partial charge on any atom is -0.462 e. The normalized spacial score (nSPS) is 41.7. The van der Waals surface area contributed by atoms with Crippen LogP contribution in [0.15, 0.2) is 29.9 Å². The van der Waals surface area contributed by atoms with Gasteiger partial charge in [0.05, 0.1) is 72.4 Å². The zero-order valence-electron chi connectivity index (χ0n) is 44.3. The number of esters is 1. The summed E-state index contributed by atoms with van der Waals surface area (Å²) in [5.41, 5.74) is 5.75. The average Bonchev–Trinajstić information content (AvgIpc) is 3.72. The van der Waals surface area contributed by atoms with E-state index in [9.17, 15) is 45.0 Å². The lowest BCUT2D eigenvalue weighted by Gasteiger charge is -2.50. The van der Waals surface area contributed by atoms with E-state index in [2.05, 4.69) is 5.32 Å². The molecule has 4 aliphatic rings. The number of nitrogens with one attached hydrogen (secondary N) is 1. The molecule has 3 fully saturated rings. The molecule has 0 saturated carbocycles. The number of ether oxygens (including phenoxy) is 9. The number of methoxy groups -OCH3 is 2. The molecule has 0 aromatic carbocycles. The van der Waals surface area contributed by atoms with Gasteiger partial charge in [0.2, 0.25) is 0 Å². The first-order valence-electron chi connectivity index (χ1n) is 25.3. The maximum absolute atomic E-state index is 14.2. The monoisotopic (exact) mass is 1060 g/mol. The molecule has 73 heavy (non-hydrogen) atoms. The Morgan fingerprint density at radius 3 is 2.21 bits per heavy atom. The van der Waals surface area contributed by atoms with Crippen molar-refractivity contribution in [2.24, 2.45) is 17.8 Å². The molecule has 21 nitrogen and oxygen atoms in total. The number of carbonyl (C=O) groups excluding carboxylic acids is 3. The topological polar surface area (TPSA) is 297 Å². The van der Waals surface area contributed by atoms with Crippen molar-refractivity contribution >= 4 is 34.0 Å². The van der Waals surface area contributed by atoms with Crippen LogP contribution < -0.4 is 11.1 Å². The van der Waals surface area contributed by atoms with Crippen molar-refractivity contribution in [2.75, 3.05) is 53.8 Å². The smallest absolute Gasteiger partial charge is 0.308 e. The second-order valence-electron chi connectivity index (χ2n) is 20.6. The fourth-order valence-corrected chi connectivity index (χ4v) is 11.4. The number of hydrogen-bond donors (Lipinski definition) is 8. The minimum atomic E-state index is -1.53. The molecule has 5 rings (SSSR count). The van der Waals surface area contributed by atoms with Crippen molar-refractivity contribution in [2.45, 2.75) is 191 Å². The van der Waals surface area contributed by atoms with Crippen LogP contribution in [0.4, 0.5) is 5.00 Å². The van der Waals surface area contributed by atoms with Crippen molar-refractivity contribution < 1.29 is 87.7 Å². The maximum atomic E-state index is 14.2. The molecule has 0 aliphatic carbocycles. The molecule has 1 aromatic rings. The molecule has 3 saturated heterocycles. The Morgan fingerprint density at radius 2 is 1.59 bits per heavy atom. The van der Waals surface area contributed by atoms with E-state index in [1.807, 2.05) is 13.0 Å². The van der Waals surface area contributed by atoms with Gasteiger partial charge in [0.25, 0.3) is 5.91 Å². The van der Waals surface area contributed by atoms with Crippen molar-refractivity contribution in [3.05, 3.63) is 40.3 Å². The molecule has 0 spiro atoms. The second-order valence-corrected chi connectivity index (χ2v) is 21.7. The number of likely N-dealkylation sites (N-methyl/N-ethyl adjacent to an activating group) is 1. The molecule has 5 heterocycles. The first-order chi connectivity index (χ1) is 34.4. The van der Waals surface area contributed by atoms with Crippen molar-refractivity contribution in [3.8, 4) is 0 Å². The highest BCUT2D eigenvalue weighted by Crippen LogP contribution is 2.43. The number of thiophene rings is 1. The van der Waals surface area contributed by atoms with Crippen LogP contribution in [0.3, 0.4) is 0 Å². The number of allylic oxidation sites excluding steroid dienone is 3. The predicted molar refractivity (Wildman–Crippen MR) is 267 cm³/mol. The SMILES string of the molecule is CC[C@H]1OC(=O)C[C@@H](O)[C@H](C)[C@@H](O[C@@H]2O[C@H](C)[C@@H](O[C@H]3C[C@@](C)(O)[C@@H](O)[C@H](C)O3)[C@H](N(C)C)[C@H]2O)[C@@H](c2cc(C(=O)NCCO)c(N)s2)C[C@@H](C)C(=O)/C=C/C(C)=C/[C@@H]1CO[C@@H]1O[C@H](C)[C@@H](O)[C@@H](OC)[C@H]1OC. The number of nitrogens with zero attached hydrogens (tertiary/aromatic N) is 1. The molecule has 1 amide bonds. The van der Waals surface area contributed by atoms with Gasteiger partial charge in [-0.2, -0.15) is 0 Å². The summed E-state index contributed by atoms with van der Waals surface area (Å²) in [5.74, 6) is -4.61. The molecule has 0 unspecified atom stereocenters. The van der Waals surface area contributed by atoms with Crippen LogP contribution in [-0.2, 0) is 52.2 Å². The number of rotatable bonds is 15. The largest absolute Gasteiger partial charge is 0.462 e. The minimum absolute atomic E-state index is 0.0291. The summed E-state index contributed by atoms with van der Waals surface area (Å²) in [7, 11) is 6.40. The highest BCUT2D eigenvalue weighted by molar-refractivity contribution is 7.16. The van der Waals surface area contributed by atoms with Crippen molar-refractivity contribution in [3.63, 3.8) is 0 Å². The van der Waals surface area contributed by atoms with E-state index in [0.29, 0.717) is 16.9 Å². The molecule has 416 valence electrons. The fourth-order valence-electron chi connectivity index (χ4n) is 10.3. The van der Waals surface area contributed by atoms with E-state index in [1.54, 1.807) is 72.7 Å². The lowest BCUT2D eigenvalue weighted by molar-refractivity contribution is -0.340. The quantitative estimate of drug-likeness (QED) is 0.116. The average molecular weight is 1060 g/mol. The molecular weight excluding hydrogens is 975 g/mol. The second kappa shape index (κ2) is 26.8. The van der Waals surface area contributed by atoms with E-state index in [-0.39, 0.29) is 48.9 Å². The van der Waals surface area contributed by atoms with Gasteiger partial charge in [-0.05, 0) is 73.7 Å². The van der Waals surface area contributed by atoms with Crippen LogP contribution in [0.5, 0.6) is 0 Å². The Morgan fingerprint density at radius 1 is 0.918 bits per heavy atom. The summed E-state index contributed by atoms with van der Waals surface area (Å²) in [5, 5.41) is 69.0. The van der Waals surface area contributed by atoms with Gasteiger partial charge in [0.15, 0.2) is 24.7 Å². The molecule has 4 aliphatic heterocycles. The Balaban J connectivity index is 1.53. The third-order valence-corrected chi connectivity index (χ3v) is 15.8. The number of nitrogen functional groups attached to an aromatic ring is 1. The molecule has 1 aromatic heterocycles. The van der Waals surface area contributed by atoms with E-state index < -0.39 is 146 Å². The molecule has 0 bridgehead atoms. The van der Waals surface area contributed by atoms with E-state index in [4.69, 9.17) is 48.4 Å². The van der Waals surface area contributed by atoms with Crippen LogP contribution >= 0.6 is 11.3 Å². The number of nitrogens with two attached hydrogens (primary N) is 1. The molecule has 22 heteroatoms. The first kappa shape index (κ1) is 60.9. The highest BCUT2D eigenvalue weighted by Gasteiger charge is 2.52. The van der Waals surface area contributed by atoms with Crippen LogP contribution in [0, 0.1) is 17.8 Å². The van der Waals surface area contributed by atoms with Crippen LogP contribution in [0.2, 0.25) is 0 Å². The molecular formula is C51H83N3O18S. The summed E-state index contributed by atoms with van der Waals surface area (Å²) in [6.45, 7) is 13.2. The van der Waals surface area contributed by atoms with Gasteiger partial charge in [-0.15, -0.1) is 11.3 Å². The third-order valence-electron chi connectivity index (χ3n) is 14.7. The number of cyclic esters (lactones) is 1. The van der Waals surface area contributed by atoms with Gasteiger partial charge in [-0.3, -0.25) is 14.4 Å². The Labute approximate surface area is 433 Å². The number of hydrogen-bond acceptors (Lipinski definition) is 21. The van der Waals surface area contributed by atoms with E-state index in [0.717, 1.165) is 11.3 Å². The summed E-state index contributed by atoms with van der Waals surface area (Å²) in [6, 6.07) is 0.776. The maximum Gasteiger partial charge on any atom is 0.308 e. The number of ketones is 1. The summed E-state index contributed by atoms with van der Waals surface area (Å²) >= 11 is 1.09. The molecule has 21 atom stereocenters. The van der Waals surface area contributed by atoms with Gasteiger partial charge in [-0.25, -0.2) is 0 Å². The molecule has 0 radical (unpaired) electrons. The van der Waals surface area contributed by atoms with E-state index in [1.165, 1.54) is 27.2 Å². The van der Waals surface area contributed by atoms with Gasteiger partial charge in [0.1, 0.15) is 42.7 Å². The van der Waals surface area contributed by atoms with Crippen molar-refractivity contribution in [1.82, 2.24) is 10.2 Å². The van der Waals surface area contributed by atoms with Gasteiger partial charge >= 0.3 is 5.97 Å². The third kappa shape index (κ3) is 14.9. The highest BCUT2D eigenvalue weighted by atomic mass is 32.1. The van der Waals surface area contributed by atoms with Gasteiger partial charge in [-0.1, -0.05) is 38.5 Å². The zero-order chi connectivity index (χ0) is 54.2. The lowest BCUT2D eigenvalue weighted by atomic mass is 9.80. The predicted octanol–water partition coefficient (Wildman–Crippen LogP) is 1.78. The molecule has 9 N–H and O–H groups in total. The number of amides is 1. The van der Waals surface area contributed by atoms with Crippen LogP contribution in [0.25, 0.3) is 0 Å². The number of aliphatic hydroxyl groups excluding tert-OH is 5. The lowest BCUT2D eigenvalue weighted by Crippen LogP contribution is -2.65. The Bertz CT molecular complexity index is 2020. The van der Waals surface area contributed by atoms with Gasteiger partial charge < -0.3 is 89.2 Å². The summed E-state index contributed by atoms with van der Waals surface area (Å²) < 4.78 is 55.5. The van der Waals surface area contributed by atoms with Crippen LogP contribution in [-0.4, -0.2) is 205 Å². The van der Waals surface area contributed by atoms with Gasteiger partial charge in [0, 0.05) is 55.7 Å². The Hall–Kier alpha value is -3.01. The van der Waals surface area contributed by atoms with E-state index >= 15 is 0 Å². The van der Waals surface area contributed by atoms with Crippen LogP contribution in [0.1, 0.15) is 102 Å². The fraction of sp³-hybridized carbons (Fsp3) is 0.784. The first-order valence-corrected chi connectivity index (χ1v) is 26.1. The Kier molecular flexibility index (Phi) is 22.4. The zero-order valence-corrected chi connectivity index (χ0v) is 45.1. The standard InChI is InChI=1S/C51H83N3O18S/c1-13-35-30(23-66-50-45(65-12)44(64-11)40(59)27(5)68-50)18-24(2)14-15-33(56)25(3)19-31(36-20-32(47(52)73-36)48(62)53-16-17-55)42(26(4)34(57)21-37(58)70-35)72-49-41(60)39(54(9)10)43(28(6)69-49)71-38-22-51(8,63)46(61)29(7)67-38/h14-15,18,20,25-31,34-35,38-46,49-50,55,57,59-61,63H,13,16-17,19,21-23,52H2,1-12H3,(H,53,62)/b15-14+,24-18+/t25-,26+,27-,28-,29+,30-,31-,34-,35-,38+,39-,40-,41-,42-,43-,44-,45-,46+,49+,50-,51-/m1/s1. The number of anilines is 1. The summed E-state index contributed by atoms with van der Waals surface area (Å²) in [6.07, 6.45) is -10.1. The number of aliphatic hydroxyl groups is 6. The summed E-state index contributed by atoms with van der Waals surface area (Å²) in [4.78, 5) is 43.9. The van der Waals surface area contributed by atoms with Crippen molar-refractivity contribution in [1.29, 1.82) is 0 Å².